The van der Waals surface area contributed by atoms with Gasteiger partial charge in [0.1, 0.15) is 0 Å². The number of carbonyl (C=O) groups excluding carboxylic acids is 1. The fourth-order valence-corrected chi connectivity index (χ4v) is 4.63. The highest BCUT2D eigenvalue weighted by molar-refractivity contribution is 8.04. The normalized spacial score (nSPS) is 26.5. The number of benzene rings is 1. The van der Waals surface area contributed by atoms with Crippen LogP contribution in [0.1, 0.15) is 6.42 Å². The fraction of sp³-hybridized carbons (Fsp3) is 0.286. The number of hydrogen-bond acceptors (Lipinski definition) is 4. The molecule has 104 valence electrons. The summed E-state index contributed by atoms with van der Waals surface area (Å²) >= 11 is 3.17. The number of aliphatic carboxylic acids is 1. The molecule has 3 rings (SSSR count). The summed E-state index contributed by atoms with van der Waals surface area (Å²) in [4.78, 5) is 26.2. The van der Waals surface area contributed by atoms with Gasteiger partial charge in [0.15, 0.2) is 6.04 Å². The number of carboxylic acids is 1. The summed E-state index contributed by atoms with van der Waals surface area (Å²) in [6, 6.07) is 9.19. The Morgan fingerprint density at radius 1 is 1.45 bits per heavy atom. The largest absolute Gasteiger partial charge is 0.479 e. The van der Waals surface area contributed by atoms with E-state index >= 15 is 0 Å². The first-order valence-corrected chi connectivity index (χ1v) is 8.12. The van der Waals surface area contributed by atoms with Crippen molar-refractivity contribution in [2.75, 3.05) is 5.75 Å². The Labute approximate surface area is 125 Å². The van der Waals surface area contributed by atoms with Crippen molar-refractivity contribution in [2.45, 2.75) is 22.7 Å². The number of β-lactam (4-membered cyclic amide) rings is 1. The van der Waals surface area contributed by atoms with Crippen LogP contribution in [-0.2, 0) is 9.59 Å². The first kappa shape index (κ1) is 13.6. The Morgan fingerprint density at radius 2 is 2.20 bits per heavy atom. The van der Waals surface area contributed by atoms with E-state index in [0.717, 1.165) is 9.80 Å². The number of fused-ring (bicyclic) bond motifs is 1. The number of amides is 1. The van der Waals surface area contributed by atoms with Crippen LogP contribution in [0.25, 0.3) is 0 Å². The van der Waals surface area contributed by atoms with Crippen molar-refractivity contribution >= 4 is 35.4 Å². The Balaban J connectivity index is 1.68. The molecule has 1 N–H and O–H groups in total. The van der Waals surface area contributed by atoms with Gasteiger partial charge in [0.2, 0.25) is 5.91 Å². The minimum atomic E-state index is -0.941. The van der Waals surface area contributed by atoms with E-state index in [1.54, 1.807) is 11.8 Å². The van der Waals surface area contributed by atoms with Crippen LogP contribution in [0.2, 0.25) is 0 Å². The van der Waals surface area contributed by atoms with Crippen LogP contribution in [0.3, 0.4) is 0 Å². The van der Waals surface area contributed by atoms with Gasteiger partial charge in [-0.05, 0) is 12.1 Å². The lowest BCUT2D eigenvalue weighted by atomic mass is 10.1. The molecule has 2 heterocycles. The van der Waals surface area contributed by atoms with E-state index in [9.17, 15) is 14.7 Å². The van der Waals surface area contributed by atoms with Crippen LogP contribution >= 0.6 is 23.5 Å². The molecule has 2 aliphatic heterocycles. The van der Waals surface area contributed by atoms with E-state index in [4.69, 9.17) is 0 Å². The SMILES string of the molecule is O=C(O)C1/C(=C/CSc2ccccc2)SC2CC(=O)N21. The predicted octanol–water partition coefficient (Wildman–Crippen LogP) is 2.42. The standard InChI is InChI=1S/C14H13NO3S2/c16-11-8-12-15(11)13(14(17)18)10(20-12)6-7-19-9-4-2-1-3-5-9/h1-6,12-13H,7-8H2,(H,17,18)/b10-6-. The summed E-state index contributed by atoms with van der Waals surface area (Å²) in [5, 5.41) is 9.31. The van der Waals surface area contributed by atoms with Gasteiger partial charge in [-0.3, -0.25) is 4.79 Å². The molecule has 1 amide bonds. The van der Waals surface area contributed by atoms with E-state index in [-0.39, 0.29) is 11.3 Å². The van der Waals surface area contributed by atoms with Gasteiger partial charge in [-0.15, -0.1) is 23.5 Å². The smallest absolute Gasteiger partial charge is 0.331 e. The second-order valence-electron chi connectivity index (χ2n) is 4.55. The van der Waals surface area contributed by atoms with Crippen LogP contribution in [0.15, 0.2) is 46.2 Å². The van der Waals surface area contributed by atoms with Crippen LogP contribution in [0, 0.1) is 0 Å². The molecule has 2 fully saturated rings. The monoisotopic (exact) mass is 307 g/mol. The maximum atomic E-state index is 11.5. The van der Waals surface area contributed by atoms with Gasteiger partial charge in [-0.1, -0.05) is 24.3 Å². The predicted molar refractivity (Wildman–Crippen MR) is 79.5 cm³/mol. The van der Waals surface area contributed by atoms with Gasteiger partial charge in [0.25, 0.3) is 0 Å². The maximum absolute atomic E-state index is 11.5. The van der Waals surface area contributed by atoms with E-state index in [2.05, 4.69) is 0 Å². The average molecular weight is 307 g/mol. The molecule has 4 nitrogen and oxygen atoms in total. The number of hydrogen-bond donors (Lipinski definition) is 1. The molecule has 1 aromatic carbocycles. The number of thioether (sulfide) groups is 2. The summed E-state index contributed by atoms with van der Waals surface area (Å²) in [7, 11) is 0. The lowest BCUT2D eigenvalue weighted by Crippen LogP contribution is -2.53. The van der Waals surface area contributed by atoms with Crippen LogP contribution in [0.5, 0.6) is 0 Å². The molecular weight excluding hydrogens is 294 g/mol. The number of rotatable bonds is 4. The Bertz CT molecular complexity index is 573. The molecule has 0 saturated carbocycles. The van der Waals surface area contributed by atoms with Crippen molar-refractivity contribution in [3.63, 3.8) is 0 Å². The minimum Gasteiger partial charge on any atom is -0.479 e. The summed E-state index contributed by atoms with van der Waals surface area (Å²) < 4.78 is 0. The Kier molecular flexibility index (Phi) is 3.76. The van der Waals surface area contributed by atoms with Crippen molar-refractivity contribution < 1.29 is 14.7 Å². The summed E-state index contributed by atoms with van der Waals surface area (Å²) in [5.41, 5.74) is 0. The molecule has 2 unspecified atom stereocenters. The lowest BCUT2D eigenvalue weighted by Gasteiger charge is -2.35. The third-order valence-electron chi connectivity index (χ3n) is 3.28. The van der Waals surface area contributed by atoms with Crippen molar-refractivity contribution in [1.29, 1.82) is 0 Å². The number of carboxylic acid groups (broad SMARTS) is 1. The molecule has 0 radical (unpaired) electrons. The van der Waals surface area contributed by atoms with Gasteiger partial charge < -0.3 is 10.0 Å². The van der Waals surface area contributed by atoms with Crippen molar-refractivity contribution in [2.24, 2.45) is 0 Å². The fourth-order valence-electron chi connectivity index (χ4n) is 2.31. The molecule has 2 saturated heterocycles. The Hall–Kier alpha value is -1.40. The second-order valence-corrected chi connectivity index (χ2v) is 6.89. The third kappa shape index (κ3) is 2.45. The highest BCUT2D eigenvalue weighted by Gasteiger charge is 2.52. The Morgan fingerprint density at radius 3 is 2.85 bits per heavy atom. The minimum absolute atomic E-state index is 0.0246. The van der Waals surface area contributed by atoms with E-state index in [1.807, 2.05) is 36.4 Å². The molecule has 0 bridgehead atoms. The van der Waals surface area contributed by atoms with Crippen molar-refractivity contribution in [3.05, 3.63) is 41.3 Å². The quantitative estimate of drug-likeness (QED) is 0.684. The zero-order valence-corrected chi connectivity index (χ0v) is 12.2. The molecular formula is C14H13NO3S2. The molecule has 1 aromatic rings. The first-order valence-electron chi connectivity index (χ1n) is 6.25. The second kappa shape index (κ2) is 5.54. The lowest BCUT2D eigenvalue weighted by molar-refractivity contribution is -0.154. The third-order valence-corrected chi connectivity index (χ3v) is 5.55. The van der Waals surface area contributed by atoms with Crippen LogP contribution in [0.4, 0.5) is 0 Å². The zero-order valence-electron chi connectivity index (χ0n) is 10.6. The average Bonchev–Trinajstić information content (AvgIpc) is 2.73. The van der Waals surface area contributed by atoms with Crippen molar-refractivity contribution in [1.82, 2.24) is 4.90 Å². The number of carbonyl (C=O) groups is 2. The molecule has 0 aliphatic carbocycles. The van der Waals surface area contributed by atoms with E-state index in [1.165, 1.54) is 16.7 Å². The van der Waals surface area contributed by atoms with Gasteiger partial charge in [-0.25, -0.2) is 4.79 Å². The van der Waals surface area contributed by atoms with Crippen molar-refractivity contribution in [3.8, 4) is 0 Å². The first-order chi connectivity index (χ1) is 9.66. The van der Waals surface area contributed by atoms with Gasteiger partial charge in [0.05, 0.1) is 11.8 Å². The molecule has 6 heteroatoms. The van der Waals surface area contributed by atoms with E-state index in [0.29, 0.717) is 12.2 Å². The molecule has 2 atom stereocenters. The van der Waals surface area contributed by atoms with Gasteiger partial charge in [-0.2, -0.15) is 0 Å². The summed E-state index contributed by atoms with van der Waals surface area (Å²) in [5.74, 6) is -0.289. The van der Waals surface area contributed by atoms with Gasteiger partial charge in [0, 0.05) is 15.6 Å². The molecule has 2 aliphatic rings. The topological polar surface area (TPSA) is 57.6 Å². The summed E-state index contributed by atoms with van der Waals surface area (Å²) in [6.45, 7) is 0. The zero-order chi connectivity index (χ0) is 14.1. The highest BCUT2D eigenvalue weighted by atomic mass is 32.2. The van der Waals surface area contributed by atoms with E-state index < -0.39 is 12.0 Å². The molecule has 0 spiro atoms. The van der Waals surface area contributed by atoms with Crippen LogP contribution in [-0.4, -0.2) is 39.1 Å². The summed E-state index contributed by atoms with van der Waals surface area (Å²) in [6.07, 6.45) is 2.39. The van der Waals surface area contributed by atoms with Crippen LogP contribution < -0.4 is 0 Å². The highest BCUT2D eigenvalue weighted by Crippen LogP contribution is 2.46. The number of nitrogens with zero attached hydrogens (tertiary/aromatic N) is 1. The molecule has 20 heavy (non-hydrogen) atoms. The maximum Gasteiger partial charge on any atom is 0.331 e. The molecule has 0 aromatic heterocycles. The van der Waals surface area contributed by atoms with Gasteiger partial charge >= 0.3 is 5.97 Å².